The van der Waals surface area contributed by atoms with E-state index in [9.17, 15) is 8.42 Å². The zero-order chi connectivity index (χ0) is 13.9. The van der Waals surface area contributed by atoms with Crippen LogP contribution in [0.4, 0.5) is 5.69 Å². The van der Waals surface area contributed by atoms with Crippen molar-refractivity contribution in [2.75, 3.05) is 5.73 Å². The fraction of sp³-hybridized carbons (Fsp3) is 0.250. The van der Waals surface area contributed by atoms with Crippen LogP contribution in [0, 0.1) is 0 Å². The van der Waals surface area contributed by atoms with Gasteiger partial charge in [0.2, 0.25) is 10.0 Å². The molecular formula is C12H16N4O2S. The third kappa shape index (κ3) is 3.55. The van der Waals surface area contributed by atoms with E-state index in [2.05, 4.69) is 9.82 Å². The van der Waals surface area contributed by atoms with E-state index in [0.717, 1.165) is 0 Å². The first-order valence-electron chi connectivity index (χ1n) is 5.83. The number of hydrogen-bond acceptors (Lipinski definition) is 4. The van der Waals surface area contributed by atoms with Gasteiger partial charge in [-0.25, -0.2) is 13.1 Å². The molecule has 2 rings (SSSR count). The van der Waals surface area contributed by atoms with Crippen molar-refractivity contribution in [2.24, 2.45) is 0 Å². The lowest BCUT2D eigenvalue weighted by atomic mass is 10.3. The summed E-state index contributed by atoms with van der Waals surface area (Å²) in [6, 6.07) is 7.72. The molecule has 19 heavy (non-hydrogen) atoms. The van der Waals surface area contributed by atoms with Crippen molar-refractivity contribution in [3.05, 3.63) is 42.7 Å². The van der Waals surface area contributed by atoms with E-state index in [1.54, 1.807) is 42.2 Å². The highest BCUT2D eigenvalue weighted by atomic mass is 32.2. The summed E-state index contributed by atoms with van der Waals surface area (Å²) < 4.78 is 28.5. The summed E-state index contributed by atoms with van der Waals surface area (Å²) in [6.45, 7) is 2.25. The minimum Gasteiger partial charge on any atom is -0.399 e. The Hall–Kier alpha value is -1.86. The standard InChI is InChI=1S/C12H16N4O2S/c1-10(9-16-7-3-6-14-16)15-19(17,18)12-5-2-4-11(13)8-12/h2-8,10,15H,9,13H2,1H3. The molecule has 0 spiro atoms. The van der Waals surface area contributed by atoms with Gasteiger partial charge in [-0.3, -0.25) is 4.68 Å². The number of nitrogens with two attached hydrogens (primary N) is 1. The molecule has 0 saturated carbocycles. The Morgan fingerprint density at radius 1 is 1.42 bits per heavy atom. The molecule has 0 fully saturated rings. The normalized spacial score (nSPS) is 13.3. The number of nitrogens with one attached hydrogen (secondary N) is 1. The van der Waals surface area contributed by atoms with Crippen molar-refractivity contribution < 1.29 is 8.42 Å². The fourth-order valence-electron chi connectivity index (χ4n) is 1.74. The van der Waals surface area contributed by atoms with Crippen LogP contribution in [0.1, 0.15) is 6.92 Å². The van der Waals surface area contributed by atoms with Gasteiger partial charge in [0.15, 0.2) is 0 Å². The highest BCUT2D eigenvalue weighted by Crippen LogP contribution is 2.13. The molecule has 2 aromatic rings. The second-order valence-corrected chi connectivity index (χ2v) is 6.04. The Balaban J connectivity index is 2.09. The summed E-state index contributed by atoms with van der Waals surface area (Å²) in [5.41, 5.74) is 6.01. The van der Waals surface area contributed by atoms with Crippen molar-refractivity contribution in [1.29, 1.82) is 0 Å². The molecule has 3 N–H and O–H groups in total. The zero-order valence-corrected chi connectivity index (χ0v) is 11.3. The van der Waals surface area contributed by atoms with Gasteiger partial charge in [0.05, 0.1) is 11.4 Å². The highest BCUT2D eigenvalue weighted by Gasteiger charge is 2.17. The number of nitrogens with zero attached hydrogens (tertiary/aromatic N) is 2. The van der Waals surface area contributed by atoms with Gasteiger partial charge in [-0.2, -0.15) is 5.10 Å². The molecule has 0 saturated heterocycles. The first-order chi connectivity index (χ1) is 8.97. The molecule has 0 aliphatic heterocycles. The van der Waals surface area contributed by atoms with Crippen molar-refractivity contribution >= 4 is 15.7 Å². The number of aromatic nitrogens is 2. The third-order valence-electron chi connectivity index (χ3n) is 2.54. The SMILES string of the molecule is CC(Cn1cccn1)NS(=O)(=O)c1cccc(N)c1. The topological polar surface area (TPSA) is 90.0 Å². The summed E-state index contributed by atoms with van der Waals surface area (Å²) >= 11 is 0. The highest BCUT2D eigenvalue weighted by molar-refractivity contribution is 7.89. The second kappa shape index (κ2) is 5.41. The first-order valence-corrected chi connectivity index (χ1v) is 7.31. The van der Waals surface area contributed by atoms with Crippen LogP contribution in [0.2, 0.25) is 0 Å². The fourth-order valence-corrected chi connectivity index (χ4v) is 3.03. The van der Waals surface area contributed by atoms with E-state index in [1.165, 1.54) is 12.1 Å². The predicted octanol–water partition coefficient (Wildman–Crippen LogP) is 0.832. The smallest absolute Gasteiger partial charge is 0.240 e. The molecule has 1 unspecified atom stereocenters. The van der Waals surface area contributed by atoms with E-state index in [-0.39, 0.29) is 10.9 Å². The van der Waals surface area contributed by atoms with Crippen LogP contribution >= 0.6 is 0 Å². The first kappa shape index (κ1) is 13.6. The lowest BCUT2D eigenvalue weighted by Crippen LogP contribution is -2.35. The largest absolute Gasteiger partial charge is 0.399 e. The molecule has 0 bridgehead atoms. The predicted molar refractivity (Wildman–Crippen MR) is 72.9 cm³/mol. The number of benzene rings is 1. The summed E-state index contributed by atoms with van der Waals surface area (Å²) in [5.74, 6) is 0. The molecule has 1 aromatic heterocycles. The average Bonchev–Trinajstić information content (AvgIpc) is 2.81. The quantitative estimate of drug-likeness (QED) is 0.794. The number of anilines is 1. The summed E-state index contributed by atoms with van der Waals surface area (Å²) in [5, 5.41) is 4.03. The maximum Gasteiger partial charge on any atom is 0.240 e. The molecule has 6 nitrogen and oxygen atoms in total. The van der Waals surface area contributed by atoms with Crippen molar-refractivity contribution in [1.82, 2.24) is 14.5 Å². The molecule has 7 heteroatoms. The van der Waals surface area contributed by atoms with Crippen LogP contribution in [0.3, 0.4) is 0 Å². The molecule has 102 valence electrons. The number of sulfonamides is 1. The van der Waals surface area contributed by atoms with Crippen LogP contribution in [0.5, 0.6) is 0 Å². The Morgan fingerprint density at radius 3 is 2.84 bits per heavy atom. The van der Waals surface area contributed by atoms with Gasteiger partial charge in [-0.1, -0.05) is 6.07 Å². The van der Waals surface area contributed by atoms with E-state index in [0.29, 0.717) is 12.2 Å². The van der Waals surface area contributed by atoms with Crippen LogP contribution in [0.25, 0.3) is 0 Å². The summed E-state index contributed by atoms with van der Waals surface area (Å²) in [4.78, 5) is 0.166. The molecule has 0 aliphatic carbocycles. The van der Waals surface area contributed by atoms with Gasteiger partial charge in [0.25, 0.3) is 0 Å². The summed E-state index contributed by atoms with van der Waals surface area (Å²) in [7, 11) is -3.56. The molecular weight excluding hydrogens is 264 g/mol. The minimum atomic E-state index is -3.56. The molecule has 1 atom stereocenters. The monoisotopic (exact) mass is 280 g/mol. The zero-order valence-electron chi connectivity index (χ0n) is 10.5. The molecule has 0 radical (unpaired) electrons. The summed E-state index contributed by atoms with van der Waals surface area (Å²) in [6.07, 6.45) is 3.43. The van der Waals surface area contributed by atoms with Crippen LogP contribution in [-0.4, -0.2) is 24.2 Å². The Bertz CT molecular complexity index is 638. The van der Waals surface area contributed by atoms with E-state index in [4.69, 9.17) is 5.73 Å². The maximum absolute atomic E-state index is 12.1. The van der Waals surface area contributed by atoms with Gasteiger partial charge in [0, 0.05) is 24.1 Å². The van der Waals surface area contributed by atoms with Gasteiger partial charge < -0.3 is 5.73 Å². The van der Waals surface area contributed by atoms with Crippen molar-refractivity contribution in [3.8, 4) is 0 Å². The lowest BCUT2D eigenvalue weighted by Gasteiger charge is -2.14. The Labute approximate surface area is 112 Å². The van der Waals surface area contributed by atoms with Gasteiger partial charge >= 0.3 is 0 Å². The van der Waals surface area contributed by atoms with Crippen molar-refractivity contribution in [3.63, 3.8) is 0 Å². The van der Waals surface area contributed by atoms with Crippen LogP contribution in [-0.2, 0) is 16.6 Å². The van der Waals surface area contributed by atoms with Crippen LogP contribution in [0.15, 0.2) is 47.6 Å². The Morgan fingerprint density at radius 2 is 2.21 bits per heavy atom. The Kier molecular flexibility index (Phi) is 3.87. The molecule has 0 amide bonds. The van der Waals surface area contributed by atoms with E-state index >= 15 is 0 Å². The minimum absolute atomic E-state index is 0.166. The molecule has 0 aliphatic rings. The number of hydrogen-bond donors (Lipinski definition) is 2. The molecule has 1 aromatic carbocycles. The van der Waals surface area contributed by atoms with Crippen LogP contribution < -0.4 is 10.5 Å². The van der Waals surface area contributed by atoms with Crippen molar-refractivity contribution in [2.45, 2.75) is 24.4 Å². The molecule has 1 heterocycles. The third-order valence-corrected chi connectivity index (χ3v) is 4.13. The average molecular weight is 280 g/mol. The van der Waals surface area contributed by atoms with Gasteiger partial charge in [-0.15, -0.1) is 0 Å². The maximum atomic E-state index is 12.1. The number of rotatable bonds is 5. The van der Waals surface area contributed by atoms with Gasteiger partial charge in [-0.05, 0) is 31.2 Å². The van der Waals surface area contributed by atoms with Gasteiger partial charge in [0.1, 0.15) is 0 Å². The number of nitrogen functional groups attached to an aromatic ring is 1. The van der Waals surface area contributed by atoms with E-state index in [1.807, 2.05) is 0 Å². The lowest BCUT2D eigenvalue weighted by molar-refractivity contribution is 0.494. The second-order valence-electron chi connectivity index (χ2n) is 4.32. The van der Waals surface area contributed by atoms with E-state index < -0.39 is 10.0 Å².